The average Bonchev–Trinajstić information content (AvgIpc) is 2.07. The molecular formula is C8H22O8S2. The Balaban J connectivity index is -0.000000197. The Hall–Kier alpha value is -0.260. The molecule has 0 radical (unpaired) electrons. The highest BCUT2D eigenvalue weighted by atomic mass is 32.3. The lowest BCUT2D eigenvalue weighted by molar-refractivity contribution is 0.378. The van der Waals surface area contributed by atoms with Crippen LogP contribution >= 0.6 is 0 Å². The van der Waals surface area contributed by atoms with Crippen molar-refractivity contribution in [1.29, 1.82) is 0 Å². The van der Waals surface area contributed by atoms with E-state index < -0.39 is 20.8 Å². The molecule has 8 nitrogen and oxygen atoms in total. The van der Waals surface area contributed by atoms with E-state index in [9.17, 15) is 0 Å². The normalized spacial score (nSPS) is 10.8. The molecule has 18 heavy (non-hydrogen) atoms. The molecule has 0 aliphatic heterocycles. The first-order chi connectivity index (χ1) is 7.91. The summed E-state index contributed by atoms with van der Waals surface area (Å²) in [6.07, 6.45) is 8.49. The summed E-state index contributed by atoms with van der Waals surface area (Å²) < 4.78 is 63.2. The Labute approximate surface area is 109 Å². The van der Waals surface area contributed by atoms with Gasteiger partial charge in [0.15, 0.2) is 0 Å². The molecule has 0 rings (SSSR count). The van der Waals surface area contributed by atoms with Crippen molar-refractivity contribution in [2.75, 3.05) is 0 Å². The van der Waals surface area contributed by atoms with Crippen molar-refractivity contribution in [3.8, 4) is 0 Å². The monoisotopic (exact) mass is 310 g/mol. The number of hydrogen-bond donors (Lipinski definition) is 4. The third kappa shape index (κ3) is 152. The molecule has 0 amide bonds. The zero-order chi connectivity index (χ0) is 15.2. The summed E-state index contributed by atoms with van der Waals surface area (Å²) in [5.74, 6) is 0. The second-order valence-electron chi connectivity index (χ2n) is 3.31. The van der Waals surface area contributed by atoms with Crippen LogP contribution in [0.1, 0.15) is 52.4 Å². The lowest BCUT2D eigenvalue weighted by atomic mass is 10.1. The van der Waals surface area contributed by atoms with Crippen LogP contribution in [0.15, 0.2) is 0 Å². The third-order valence-corrected chi connectivity index (χ3v) is 1.46. The summed E-state index contributed by atoms with van der Waals surface area (Å²) in [4.78, 5) is 0. The number of unbranched alkanes of at least 4 members (excludes halogenated alkanes) is 5. The lowest BCUT2D eigenvalue weighted by Crippen LogP contribution is -1.89. The van der Waals surface area contributed by atoms with E-state index in [-0.39, 0.29) is 0 Å². The summed E-state index contributed by atoms with van der Waals surface area (Å²) >= 11 is 0. The van der Waals surface area contributed by atoms with Crippen molar-refractivity contribution in [3.63, 3.8) is 0 Å². The van der Waals surface area contributed by atoms with Gasteiger partial charge in [-0.1, -0.05) is 52.4 Å². The number of hydrogen-bond acceptors (Lipinski definition) is 4. The van der Waals surface area contributed by atoms with Crippen LogP contribution in [-0.2, 0) is 20.8 Å². The largest absolute Gasteiger partial charge is 0.394 e. The predicted octanol–water partition coefficient (Wildman–Crippen LogP) is 2.06. The number of rotatable bonds is 5. The van der Waals surface area contributed by atoms with E-state index in [0.717, 1.165) is 0 Å². The molecule has 0 atom stereocenters. The quantitative estimate of drug-likeness (QED) is 0.445. The van der Waals surface area contributed by atoms with Gasteiger partial charge in [0.1, 0.15) is 0 Å². The standard InChI is InChI=1S/C8H18.2H2O4S/c1-3-5-7-8-6-4-2;2*1-5(2,3)4/h3-8H2,1-2H3;2*(H2,1,2,3,4). The maximum atomic E-state index is 8.74. The molecule has 114 valence electrons. The van der Waals surface area contributed by atoms with Crippen LogP contribution in [0, 0.1) is 0 Å². The van der Waals surface area contributed by atoms with E-state index in [0.29, 0.717) is 0 Å². The zero-order valence-corrected chi connectivity index (χ0v) is 12.1. The van der Waals surface area contributed by atoms with Gasteiger partial charge in [0, 0.05) is 0 Å². The van der Waals surface area contributed by atoms with Gasteiger partial charge in [-0.3, -0.25) is 18.2 Å². The van der Waals surface area contributed by atoms with Crippen molar-refractivity contribution in [2.45, 2.75) is 52.4 Å². The van der Waals surface area contributed by atoms with E-state index in [1.165, 1.54) is 38.5 Å². The van der Waals surface area contributed by atoms with Gasteiger partial charge in [0.25, 0.3) is 0 Å². The molecule has 0 fully saturated rings. The molecule has 0 aromatic carbocycles. The van der Waals surface area contributed by atoms with Gasteiger partial charge in [0.05, 0.1) is 0 Å². The molecule has 10 heteroatoms. The SMILES string of the molecule is CCCCCCCC.O=S(=O)(O)O.O=S(=O)(O)O. The van der Waals surface area contributed by atoms with Crippen molar-refractivity contribution >= 4 is 20.8 Å². The highest BCUT2D eigenvalue weighted by Crippen LogP contribution is 2.03. The van der Waals surface area contributed by atoms with Crippen molar-refractivity contribution in [1.82, 2.24) is 0 Å². The van der Waals surface area contributed by atoms with Gasteiger partial charge in [0.2, 0.25) is 0 Å². The van der Waals surface area contributed by atoms with E-state index >= 15 is 0 Å². The van der Waals surface area contributed by atoms with Gasteiger partial charge in [-0.2, -0.15) is 16.8 Å². The molecule has 0 unspecified atom stereocenters. The fourth-order valence-corrected chi connectivity index (χ4v) is 0.854. The molecule has 0 spiro atoms. The summed E-state index contributed by atoms with van der Waals surface area (Å²) in [5.41, 5.74) is 0. The Morgan fingerprint density at radius 2 is 0.778 bits per heavy atom. The lowest BCUT2D eigenvalue weighted by Gasteiger charge is -1.93. The van der Waals surface area contributed by atoms with Crippen LogP contribution in [0.2, 0.25) is 0 Å². The minimum absolute atomic E-state index is 1.36. The fraction of sp³-hybridized carbons (Fsp3) is 1.00. The topological polar surface area (TPSA) is 149 Å². The first-order valence-electron chi connectivity index (χ1n) is 5.31. The summed E-state index contributed by atoms with van der Waals surface area (Å²) in [6.45, 7) is 4.51. The van der Waals surface area contributed by atoms with Gasteiger partial charge in [-0.25, -0.2) is 0 Å². The minimum atomic E-state index is -4.67. The maximum Gasteiger partial charge on any atom is 0.394 e. The highest BCUT2D eigenvalue weighted by Gasteiger charge is 1.85. The van der Waals surface area contributed by atoms with Gasteiger partial charge in [-0.15, -0.1) is 0 Å². The van der Waals surface area contributed by atoms with E-state index in [1.54, 1.807) is 0 Å². The first kappa shape index (κ1) is 22.9. The van der Waals surface area contributed by atoms with Crippen LogP contribution in [0.25, 0.3) is 0 Å². The Kier molecular flexibility index (Phi) is 16.8. The Morgan fingerprint density at radius 1 is 0.611 bits per heavy atom. The van der Waals surface area contributed by atoms with E-state index in [4.69, 9.17) is 35.0 Å². The summed E-state index contributed by atoms with van der Waals surface area (Å²) in [5, 5.41) is 0. The first-order valence-corrected chi connectivity index (χ1v) is 8.11. The van der Waals surface area contributed by atoms with E-state index in [2.05, 4.69) is 13.8 Å². The van der Waals surface area contributed by atoms with Crippen molar-refractivity contribution in [3.05, 3.63) is 0 Å². The van der Waals surface area contributed by atoms with E-state index in [1.807, 2.05) is 0 Å². The second-order valence-corrected chi connectivity index (χ2v) is 5.10. The maximum absolute atomic E-state index is 8.74. The van der Waals surface area contributed by atoms with Gasteiger partial charge >= 0.3 is 20.8 Å². The van der Waals surface area contributed by atoms with Crippen LogP contribution in [0.4, 0.5) is 0 Å². The zero-order valence-electron chi connectivity index (χ0n) is 10.5. The van der Waals surface area contributed by atoms with Crippen LogP contribution in [0.3, 0.4) is 0 Å². The smallest absolute Gasteiger partial charge is 0.264 e. The van der Waals surface area contributed by atoms with Crippen LogP contribution in [0.5, 0.6) is 0 Å². The molecule has 0 aromatic heterocycles. The van der Waals surface area contributed by atoms with Gasteiger partial charge in [-0.05, 0) is 0 Å². The Bertz CT molecular complexity index is 293. The molecule has 0 saturated carbocycles. The van der Waals surface area contributed by atoms with Crippen molar-refractivity contribution in [2.24, 2.45) is 0 Å². The summed E-state index contributed by atoms with van der Waals surface area (Å²) in [6, 6.07) is 0. The van der Waals surface area contributed by atoms with Crippen LogP contribution in [-0.4, -0.2) is 35.0 Å². The summed E-state index contributed by atoms with van der Waals surface area (Å²) in [7, 11) is -9.33. The van der Waals surface area contributed by atoms with Gasteiger partial charge < -0.3 is 0 Å². The molecule has 0 bridgehead atoms. The molecular weight excluding hydrogens is 288 g/mol. The molecule has 4 N–H and O–H groups in total. The minimum Gasteiger partial charge on any atom is -0.264 e. The molecule has 0 aliphatic carbocycles. The average molecular weight is 310 g/mol. The molecule has 0 heterocycles. The van der Waals surface area contributed by atoms with Crippen molar-refractivity contribution < 1.29 is 35.0 Å². The highest BCUT2D eigenvalue weighted by molar-refractivity contribution is 7.80. The Morgan fingerprint density at radius 3 is 0.889 bits per heavy atom. The molecule has 0 aliphatic rings. The molecule has 0 aromatic rings. The predicted molar refractivity (Wildman–Crippen MR) is 67.4 cm³/mol. The molecule has 0 saturated heterocycles. The van der Waals surface area contributed by atoms with Crippen LogP contribution < -0.4 is 0 Å². The third-order valence-electron chi connectivity index (χ3n) is 1.46. The fourth-order valence-electron chi connectivity index (χ4n) is 0.854. The second kappa shape index (κ2) is 13.2.